The van der Waals surface area contributed by atoms with Crippen molar-refractivity contribution in [1.29, 1.82) is 0 Å². The molecule has 4 rings (SSSR count). The number of carbonyl (C=O) groups excluding carboxylic acids is 1. The van der Waals surface area contributed by atoms with E-state index in [1.165, 1.54) is 6.92 Å². The number of methoxy groups -OCH3 is 2. The van der Waals surface area contributed by atoms with E-state index in [2.05, 4.69) is 10.3 Å². The van der Waals surface area contributed by atoms with Crippen molar-refractivity contribution in [3.05, 3.63) is 42.0 Å². The molecule has 0 spiro atoms. The Hall–Kier alpha value is -3.01. The molecule has 170 valence electrons. The molecule has 1 fully saturated rings. The van der Waals surface area contributed by atoms with E-state index in [1.54, 1.807) is 20.5 Å². The fourth-order valence-corrected chi connectivity index (χ4v) is 3.93. The van der Waals surface area contributed by atoms with Crippen LogP contribution in [-0.2, 0) is 24.6 Å². The number of nitrogens with one attached hydrogen (secondary N) is 1. The normalized spacial score (nSPS) is 18.2. The predicted molar refractivity (Wildman–Crippen MR) is 119 cm³/mol. The number of aromatic nitrogens is 3. The van der Waals surface area contributed by atoms with Crippen molar-refractivity contribution in [3.8, 4) is 17.0 Å². The molecule has 9 nitrogen and oxygen atoms in total. The molecule has 3 aromatic rings. The molecular formula is C23H28N4O5. The maximum atomic E-state index is 11.5. The summed E-state index contributed by atoms with van der Waals surface area (Å²) < 4.78 is 24.6. The Labute approximate surface area is 186 Å². The lowest BCUT2D eigenvalue weighted by molar-refractivity contribution is -0.114. The van der Waals surface area contributed by atoms with Crippen molar-refractivity contribution in [2.75, 3.05) is 46.0 Å². The molecule has 0 aliphatic carbocycles. The number of anilines is 1. The van der Waals surface area contributed by atoms with E-state index in [0.29, 0.717) is 44.4 Å². The van der Waals surface area contributed by atoms with E-state index in [-0.39, 0.29) is 5.91 Å². The largest absolute Gasteiger partial charge is 0.491 e. The maximum Gasteiger partial charge on any atom is 0.222 e. The molecule has 0 unspecified atom stereocenters. The number of pyridine rings is 1. The highest BCUT2D eigenvalue weighted by molar-refractivity contribution is 5.90. The van der Waals surface area contributed by atoms with Crippen LogP contribution >= 0.6 is 0 Å². The Kier molecular flexibility index (Phi) is 6.40. The van der Waals surface area contributed by atoms with Gasteiger partial charge in [-0.05, 0) is 13.0 Å². The van der Waals surface area contributed by atoms with Gasteiger partial charge in [-0.15, -0.1) is 0 Å². The smallest absolute Gasteiger partial charge is 0.222 e. The molecule has 0 aromatic carbocycles. The molecule has 3 aromatic heterocycles. The molecule has 32 heavy (non-hydrogen) atoms. The molecule has 1 amide bonds. The summed E-state index contributed by atoms with van der Waals surface area (Å²) in [4.78, 5) is 20.8. The van der Waals surface area contributed by atoms with Crippen molar-refractivity contribution < 1.29 is 23.7 Å². The third-order valence-electron chi connectivity index (χ3n) is 5.63. The van der Waals surface area contributed by atoms with Crippen LogP contribution in [0.5, 0.6) is 5.75 Å². The van der Waals surface area contributed by atoms with Crippen LogP contribution in [0.2, 0.25) is 0 Å². The van der Waals surface area contributed by atoms with Crippen molar-refractivity contribution >= 4 is 17.2 Å². The highest BCUT2D eigenvalue weighted by Gasteiger charge is 2.39. The summed E-state index contributed by atoms with van der Waals surface area (Å²) in [6.07, 6.45) is 2.41. The number of hydrogen-bond donors (Lipinski definition) is 1. The summed E-state index contributed by atoms with van der Waals surface area (Å²) >= 11 is 0. The van der Waals surface area contributed by atoms with Crippen molar-refractivity contribution in [2.45, 2.75) is 25.9 Å². The number of aryl methyl sites for hydroxylation is 1. The summed E-state index contributed by atoms with van der Waals surface area (Å²) in [5.41, 5.74) is 3.65. The minimum absolute atomic E-state index is 0.177. The summed E-state index contributed by atoms with van der Waals surface area (Å²) in [6, 6.07) is 7.71. The third kappa shape index (κ3) is 4.32. The van der Waals surface area contributed by atoms with Gasteiger partial charge in [0.05, 0.1) is 30.1 Å². The Bertz CT molecular complexity index is 1120. The van der Waals surface area contributed by atoms with E-state index < -0.39 is 5.60 Å². The molecule has 4 heterocycles. The van der Waals surface area contributed by atoms with Crippen LogP contribution in [0, 0.1) is 6.92 Å². The second-order valence-corrected chi connectivity index (χ2v) is 7.83. The van der Waals surface area contributed by atoms with E-state index >= 15 is 0 Å². The van der Waals surface area contributed by atoms with Gasteiger partial charge in [-0.25, -0.2) is 9.97 Å². The molecule has 0 bridgehead atoms. The fraction of sp³-hybridized carbons (Fsp3) is 0.435. The zero-order chi connectivity index (χ0) is 22.7. The molecule has 0 radical (unpaired) electrons. The standard InChI is InChI=1S/C23H28N4O5/c1-15-9-18(20-12-22(25-16(2)28)24-14-27(15)20)19-10-17(32-8-7-29-3)11-21(26-19)23(30-4)5-6-31-13-23/h9-12,14H,5-8,13H2,1-4H3,(H,25,28)/t23-/m1/s1. The van der Waals surface area contributed by atoms with Crippen molar-refractivity contribution in [1.82, 2.24) is 14.4 Å². The van der Waals surface area contributed by atoms with E-state index in [9.17, 15) is 4.79 Å². The van der Waals surface area contributed by atoms with Crippen LogP contribution in [0.15, 0.2) is 30.6 Å². The number of nitrogens with zero attached hydrogens (tertiary/aromatic N) is 3. The van der Waals surface area contributed by atoms with Gasteiger partial charge in [0.15, 0.2) is 0 Å². The van der Waals surface area contributed by atoms with Crippen LogP contribution in [0.25, 0.3) is 16.8 Å². The van der Waals surface area contributed by atoms with Gasteiger partial charge in [0.25, 0.3) is 0 Å². The lowest BCUT2D eigenvalue weighted by Crippen LogP contribution is -2.30. The van der Waals surface area contributed by atoms with Crippen LogP contribution < -0.4 is 10.1 Å². The number of rotatable bonds is 8. The fourth-order valence-electron chi connectivity index (χ4n) is 3.93. The number of amides is 1. The monoisotopic (exact) mass is 440 g/mol. The van der Waals surface area contributed by atoms with Gasteiger partial charge in [0.1, 0.15) is 30.1 Å². The first-order valence-electron chi connectivity index (χ1n) is 10.5. The summed E-state index contributed by atoms with van der Waals surface area (Å²) in [5.74, 6) is 0.983. The Morgan fingerprint density at radius 1 is 1.25 bits per heavy atom. The number of carbonyl (C=O) groups is 1. The first-order chi connectivity index (χ1) is 15.5. The van der Waals surface area contributed by atoms with Crippen LogP contribution in [0.1, 0.15) is 24.7 Å². The molecule has 1 aliphatic rings. The molecule has 1 saturated heterocycles. The molecular weight excluding hydrogens is 412 g/mol. The van der Waals surface area contributed by atoms with Gasteiger partial charge in [-0.3, -0.25) is 4.79 Å². The van der Waals surface area contributed by atoms with Gasteiger partial charge in [-0.2, -0.15) is 0 Å². The average Bonchev–Trinajstić information content (AvgIpc) is 3.39. The van der Waals surface area contributed by atoms with E-state index in [0.717, 1.165) is 28.2 Å². The second-order valence-electron chi connectivity index (χ2n) is 7.83. The zero-order valence-electron chi connectivity index (χ0n) is 18.8. The Morgan fingerprint density at radius 2 is 2.09 bits per heavy atom. The van der Waals surface area contributed by atoms with Crippen molar-refractivity contribution in [2.24, 2.45) is 0 Å². The second kappa shape index (κ2) is 9.23. The van der Waals surface area contributed by atoms with Gasteiger partial charge in [0.2, 0.25) is 5.91 Å². The zero-order valence-corrected chi connectivity index (χ0v) is 18.8. The topological polar surface area (TPSA) is 96.2 Å². The summed E-state index contributed by atoms with van der Waals surface area (Å²) in [6.45, 7) is 5.40. The van der Waals surface area contributed by atoms with E-state index in [4.69, 9.17) is 23.9 Å². The predicted octanol–water partition coefficient (Wildman–Crippen LogP) is 2.95. The minimum Gasteiger partial charge on any atom is -0.491 e. The van der Waals surface area contributed by atoms with Crippen LogP contribution in [0.3, 0.4) is 0 Å². The summed E-state index contributed by atoms with van der Waals surface area (Å²) in [5, 5.41) is 2.74. The minimum atomic E-state index is -0.622. The average molecular weight is 441 g/mol. The number of fused-ring (bicyclic) bond motifs is 1. The molecule has 1 aliphatic heterocycles. The van der Waals surface area contributed by atoms with Crippen LogP contribution in [0.4, 0.5) is 5.82 Å². The quantitative estimate of drug-likeness (QED) is 0.538. The first kappa shape index (κ1) is 22.2. The third-order valence-corrected chi connectivity index (χ3v) is 5.63. The van der Waals surface area contributed by atoms with Crippen molar-refractivity contribution in [3.63, 3.8) is 0 Å². The molecule has 1 atom stereocenters. The Morgan fingerprint density at radius 3 is 2.78 bits per heavy atom. The lowest BCUT2D eigenvalue weighted by atomic mass is 9.97. The van der Waals surface area contributed by atoms with E-state index in [1.807, 2.05) is 35.6 Å². The number of ether oxygens (including phenoxy) is 4. The molecule has 0 saturated carbocycles. The summed E-state index contributed by atoms with van der Waals surface area (Å²) in [7, 11) is 3.32. The van der Waals surface area contributed by atoms with Crippen LogP contribution in [-0.4, -0.2) is 60.9 Å². The maximum absolute atomic E-state index is 11.5. The lowest BCUT2D eigenvalue weighted by Gasteiger charge is -2.26. The molecule has 9 heteroatoms. The SMILES string of the molecule is COCCOc1cc(-c2cc(C)n3cnc(NC(C)=O)cc23)nc([C@@]2(OC)CCOC2)c1. The van der Waals surface area contributed by atoms with Gasteiger partial charge >= 0.3 is 0 Å². The van der Waals surface area contributed by atoms with Gasteiger partial charge in [-0.1, -0.05) is 0 Å². The number of hydrogen-bond acceptors (Lipinski definition) is 7. The van der Waals surface area contributed by atoms with Gasteiger partial charge in [0, 0.05) is 63.6 Å². The molecule has 1 N–H and O–H groups in total. The highest BCUT2D eigenvalue weighted by Crippen LogP contribution is 2.37. The Balaban J connectivity index is 1.84. The highest BCUT2D eigenvalue weighted by atomic mass is 16.6. The first-order valence-corrected chi connectivity index (χ1v) is 10.5. The van der Waals surface area contributed by atoms with Gasteiger partial charge < -0.3 is 28.7 Å².